The van der Waals surface area contributed by atoms with E-state index in [-0.39, 0.29) is 12.1 Å². The standard InChI is InChI=1S/C23H29N3O3S/c1-15-4-7-21(30-15)26(14-27)22(18-5-6-18)19-9-12-25(13-10-19)23(28)29-20-8-11-24-17(3)16(20)2/h4,7-8,11,14,18-19,22H,5-6,9-10,12-13H2,1-3H3/t22-/m1/s1. The van der Waals surface area contributed by atoms with E-state index in [0.717, 1.165) is 35.5 Å². The van der Waals surface area contributed by atoms with Gasteiger partial charge in [0.25, 0.3) is 0 Å². The molecule has 1 saturated heterocycles. The summed E-state index contributed by atoms with van der Waals surface area (Å²) in [5.74, 6) is 1.55. The van der Waals surface area contributed by atoms with Gasteiger partial charge >= 0.3 is 6.09 Å². The average molecular weight is 428 g/mol. The van der Waals surface area contributed by atoms with Crippen molar-refractivity contribution >= 4 is 28.8 Å². The summed E-state index contributed by atoms with van der Waals surface area (Å²) in [7, 11) is 0. The number of amides is 2. The van der Waals surface area contributed by atoms with E-state index in [9.17, 15) is 9.59 Å². The topological polar surface area (TPSA) is 62.7 Å². The third kappa shape index (κ3) is 4.36. The van der Waals surface area contributed by atoms with Gasteiger partial charge in [-0.15, -0.1) is 11.3 Å². The van der Waals surface area contributed by atoms with E-state index in [1.165, 1.54) is 17.7 Å². The number of rotatable bonds is 6. The van der Waals surface area contributed by atoms with Gasteiger partial charge in [-0.1, -0.05) is 0 Å². The molecular weight excluding hydrogens is 398 g/mol. The number of nitrogens with zero attached hydrogens (tertiary/aromatic N) is 3. The summed E-state index contributed by atoms with van der Waals surface area (Å²) in [6.45, 7) is 7.21. The molecule has 6 nitrogen and oxygen atoms in total. The number of ether oxygens (including phenoxy) is 1. The Morgan fingerprint density at radius 3 is 2.47 bits per heavy atom. The summed E-state index contributed by atoms with van der Waals surface area (Å²) in [4.78, 5) is 33.9. The van der Waals surface area contributed by atoms with Crippen molar-refractivity contribution in [1.82, 2.24) is 9.88 Å². The number of aromatic nitrogens is 1. The van der Waals surface area contributed by atoms with Crippen LogP contribution in [0.4, 0.5) is 9.80 Å². The number of carbonyl (C=O) groups excluding carboxylic acids is 2. The normalized spacial score (nSPS) is 18.2. The number of pyridine rings is 1. The molecule has 0 spiro atoms. The first kappa shape index (κ1) is 20.8. The smallest absolute Gasteiger partial charge is 0.410 e. The van der Waals surface area contributed by atoms with Gasteiger partial charge in [-0.05, 0) is 76.5 Å². The fourth-order valence-corrected chi connectivity index (χ4v) is 5.29. The Hall–Kier alpha value is -2.41. The Morgan fingerprint density at radius 2 is 1.87 bits per heavy atom. The van der Waals surface area contributed by atoms with Gasteiger partial charge in [0.2, 0.25) is 6.41 Å². The molecule has 2 aromatic heterocycles. The predicted octanol–water partition coefficient (Wildman–Crippen LogP) is 4.72. The molecule has 30 heavy (non-hydrogen) atoms. The highest BCUT2D eigenvalue weighted by Crippen LogP contribution is 2.44. The SMILES string of the molecule is Cc1ccc(N(C=O)[C@H](C2CC2)C2CCN(C(=O)Oc3ccnc(C)c3C)CC2)s1. The van der Waals surface area contributed by atoms with Gasteiger partial charge < -0.3 is 14.5 Å². The summed E-state index contributed by atoms with van der Waals surface area (Å²) in [5, 5.41) is 1.03. The minimum absolute atomic E-state index is 0.226. The lowest BCUT2D eigenvalue weighted by Crippen LogP contribution is -2.48. The summed E-state index contributed by atoms with van der Waals surface area (Å²) in [5.41, 5.74) is 1.76. The van der Waals surface area contributed by atoms with Crippen molar-refractivity contribution in [2.24, 2.45) is 11.8 Å². The Morgan fingerprint density at radius 1 is 1.17 bits per heavy atom. The van der Waals surface area contributed by atoms with E-state index in [0.29, 0.717) is 30.7 Å². The highest BCUT2D eigenvalue weighted by Gasteiger charge is 2.42. The molecule has 0 aromatic carbocycles. The van der Waals surface area contributed by atoms with Crippen LogP contribution >= 0.6 is 11.3 Å². The van der Waals surface area contributed by atoms with Gasteiger partial charge in [-0.25, -0.2) is 4.79 Å². The molecule has 3 heterocycles. The second-order valence-electron chi connectivity index (χ2n) is 8.44. The van der Waals surface area contributed by atoms with E-state index in [1.54, 1.807) is 28.5 Å². The molecule has 0 N–H and O–H groups in total. The molecule has 2 amide bonds. The Kier molecular flexibility index (Phi) is 6.09. The zero-order chi connectivity index (χ0) is 21.3. The van der Waals surface area contributed by atoms with E-state index in [4.69, 9.17) is 4.74 Å². The molecule has 0 unspecified atom stereocenters. The molecular formula is C23H29N3O3S. The highest BCUT2D eigenvalue weighted by molar-refractivity contribution is 7.16. The third-order valence-electron chi connectivity index (χ3n) is 6.40. The molecule has 1 aliphatic heterocycles. The third-order valence-corrected chi connectivity index (χ3v) is 7.42. The fourth-order valence-electron chi connectivity index (χ4n) is 4.42. The highest BCUT2D eigenvalue weighted by atomic mass is 32.1. The Labute approximate surface area is 181 Å². The molecule has 0 radical (unpaired) electrons. The molecule has 1 saturated carbocycles. The first-order chi connectivity index (χ1) is 14.5. The van der Waals surface area contributed by atoms with E-state index in [2.05, 4.69) is 24.0 Å². The molecule has 4 rings (SSSR count). The summed E-state index contributed by atoms with van der Waals surface area (Å²) in [6, 6.07) is 6.09. The molecule has 2 aromatic rings. The van der Waals surface area contributed by atoms with Crippen LogP contribution < -0.4 is 9.64 Å². The number of likely N-dealkylation sites (tertiary alicyclic amines) is 1. The number of anilines is 1. The first-order valence-electron chi connectivity index (χ1n) is 10.7. The monoisotopic (exact) mass is 427 g/mol. The van der Waals surface area contributed by atoms with Crippen LogP contribution in [0.15, 0.2) is 24.4 Å². The largest absolute Gasteiger partial charge is 0.415 e. The van der Waals surface area contributed by atoms with E-state index >= 15 is 0 Å². The van der Waals surface area contributed by atoms with Crippen LogP contribution in [-0.2, 0) is 4.79 Å². The number of carbonyl (C=O) groups is 2. The second kappa shape index (κ2) is 8.76. The van der Waals surface area contributed by atoms with Gasteiger partial charge in [0, 0.05) is 41.5 Å². The van der Waals surface area contributed by atoms with Crippen molar-refractivity contribution in [3.63, 3.8) is 0 Å². The van der Waals surface area contributed by atoms with Crippen LogP contribution in [0.3, 0.4) is 0 Å². The molecule has 1 atom stereocenters. The number of thiophene rings is 1. The number of hydrogen-bond donors (Lipinski definition) is 0. The quantitative estimate of drug-likeness (QED) is 0.626. The number of hydrogen-bond acceptors (Lipinski definition) is 5. The molecule has 1 aliphatic carbocycles. The van der Waals surface area contributed by atoms with Crippen molar-refractivity contribution in [2.75, 3.05) is 18.0 Å². The number of aryl methyl sites for hydroxylation is 2. The zero-order valence-corrected chi connectivity index (χ0v) is 18.7. The zero-order valence-electron chi connectivity index (χ0n) is 17.8. The van der Waals surface area contributed by atoms with Gasteiger partial charge in [0.1, 0.15) is 5.75 Å². The lowest BCUT2D eigenvalue weighted by Gasteiger charge is -2.39. The van der Waals surface area contributed by atoms with E-state index < -0.39 is 0 Å². The molecule has 2 fully saturated rings. The van der Waals surface area contributed by atoms with Crippen molar-refractivity contribution in [1.29, 1.82) is 0 Å². The van der Waals surface area contributed by atoms with Crippen LogP contribution in [0.1, 0.15) is 41.8 Å². The van der Waals surface area contributed by atoms with Crippen LogP contribution in [0.25, 0.3) is 0 Å². The summed E-state index contributed by atoms with van der Waals surface area (Å²) >= 11 is 1.67. The summed E-state index contributed by atoms with van der Waals surface area (Å²) in [6.07, 6.45) is 6.51. The van der Waals surface area contributed by atoms with Crippen LogP contribution in [-0.4, -0.2) is 41.5 Å². The molecule has 7 heteroatoms. The fraction of sp³-hybridized carbons (Fsp3) is 0.522. The maximum Gasteiger partial charge on any atom is 0.415 e. The average Bonchev–Trinajstić information content (AvgIpc) is 3.49. The van der Waals surface area contributed by atoms with Gasteiger partial charge in [0.15, 0.2) is 0 Å². The van der Waals surface area contributed by atoms with Crippen molar-refractivity contribution in [2.45, 2.75) is 52.5 Å². The van der Waals surface area contributed by atoms with Crippen molar-refractivity contribution in [3.05, 3.63) is 40.5 Å². The first-order valence-corrected chi connectivity index (χ1v) is 11.5. The lowest BCUT2D eigenvalue weighted by molar-refractivity contribution is -0.108. The van der Waals surface area contributed by atoms with Crippen LogP contribution in [0.5, 0.6) is 5.75 Å². The minimum atomic E-state index is -0.300. The lowest BCUT2D eigenvalue weighted by atomic mass is 9.86. The van der Waals surface area contributed by atoms with Crippen molar-refractivity contribution in [3.8, 4) is 5.75 Å². The Balaban J connectivity index is 1.40. The van der Waals surface area contributed by atoms with E-state index in [1.807, 2.05) is 18.7 Å². The summed E-state index contributed by atoms with van der Waals surface area (Å²) < 4.78 is 5.64. The maximum atomic E-state index is 12.7. The molecule has 160 valence electrons. The maximum absolute atomic E-state index is 12.7. The molecule has 0 bridgehead atoms. The van der Waals surface area contributed by atoms with Gasteiger partial charge in [0.05, 0.1) is 5.00 Å². The van der Waals surface area contributed by atoms with Gasteiger partial charge in [-0.2, -0.15) is 0 Å². The second-order valence-corrected chi connectivity index (χ2v) is 9.70. The Bertz CT molecular complexity index is 916. The van der Waals surface area contributed by atoms with Crippen LogP contribution in [0.2, 0.25) is 0 Å². The predicted molar refractivity (Wildman–Crippen MR) is 118 cm³/mol. The van der Waals surface area contributed by atoms with Crippen molar-refractivity contribution < 1.29 is 14.3 Å². The number of piperidine rings is 1. The molecule has 2 aliphatic rings. The van der Waals surface area contributed by atoms with Crippen LogP contribution in [0, 0.1) is 32.6 Å². The minimum Gasteiger partial charge on any atom is -0.410 e. The van der Waals surface area contributed by atoms with Gasteiger partial charge in [-0.3, -0.25) is 9.78 Å².